The van der Waals surface area contributed by atoms with E-state index >= 15 is 0 Å². The van der Waals surface area contributed by atoms with E-state index in [0.717, 1.165) is 24.8 Å². The van der Waals surface area contributed by atoms with E-state index < -0.39 is 5.60 Å². The van der Waals surface area contributed by atoms with Crippen molar-refractivity contribution >= 4 is 5.78 Å². The third-order valence-corrected chi connectivity index (χ3v) is 8.62. The summed E-state index contributed by atoms with van der Waals surface area (Å²) in [4.78, 5) is 15.3. The molecule has 0 aromatic rings. The van der Waals surface area contributed by atoms with E-state index in [1.165, 1.54) is 32.1 Å². The first-order valence-electron chi connectivity index (χ1n) is 10.2. The van der Waals surface area contributed by atoms with Crippen molar-refractivity contribution in [3.05, 3.63) is 11.6 Å². The molecular weight excluding hydrogens is 298 g/mol. The second-order valence-corrected chi connectivity index (χ2v) is 9.47. The highest BCUT2D eigenvalue weighted by Gasteiger charge is 2.63. The predicted octanol–water partition coefficient (Wildman–Crippen LogP) is 3.17. The van der Waals surface area contributed by atoms with Crippen LogP contribution in [-0.2, 0) is 4.79 Å². The normalized spacial score (nSPS) is 53.9. The summed E-state index contributed by atoms with van der Waals surface area (Å²) in [5.41, 5.74) is 0.473. The zero-order valence-electron chi connectivity index (χ0n) is 15.1. The van der Waals surface area contributed by atoms with E-state index in [2.05, 4.69) is 18.9 Å². The number of piperidine rings is 1. The van der Waals surface area contributed by atoms with Gasteiger partial charge in [0.2, 0.25) is 0 Å². The number of rotatable bonds is 0. The van der Waals surface area contributed by atoms with Crippen molar-refractivity contribution < 1.29 is 9.90 Å². The summed E-state index contributed by atoms with van der Waals surface area (Å²) < 4.78 is 0. The molecule has 3 saturated carbocycles. The molecule has 5 aliphatic rings. The Kier molecular flexibility index (Phi) is 3.35. The van der Waals surface area contributed by atoms with Gasteiger partial charge in [0.05, 0.1) is 5.60 Å². The zero-order valence-corrected chi connectivity index (χ0v) is 15.1. The molecule has 5 rings (SSSR count). The molecular formula is C21H31NO2. The minimum Gasteiger partial charge on any atom is -0.385 e. The van der Waals surface area contributed by atoms with Gasteiger partial charge in [-0.3, -0.25) is 4.79 Å². The second kappa shape index (κ2) is 5.17. The molecule has 4 aliphatic carbocycles. The number of aliphatic hydroxyl groups is 1. The van der Waals surface area contributed by atoms with Crippen LogP contribution >= 0.6 is 0 Å². The lowest BCUT2D eigenvalue weighted by atomic mass is 9.63. The maximum atomic E-state index is 12.8. The van der Waals surface area contributed by atoms with Crippen molar-refractivity contribution in [2.75, 3.05) is 7.05 Å². The van der Waals surface area contributed by atoms with Gasteiger partial charge in [0.25, 0.3) is 0 Å². The Bertz CT molecular complexity index is 599. The molecule has 0 amide bonds. The standard InChI is InChI=1S/C21H31NO2/c1-12-7-8-16-18(22(12)2)9-13-11-21(16,24)17-10-19(23)14-5-3-4-6-15(14)20(13)17/h10,12-16,18,20,24H,3-9,11H2,1-2H3. The highest BCUT2D eigenvalue weighted by molar-refractivity contribution is 5.94. The SMILES string of the molecule is CC1CCC2C(CC3CC2(O)C2=CC(=O)C4CCCCC4C23)N1C. The van der Waals surface area contributed by atoms with Crippen molar-refractivity contribution in [3.63, 3.8) is 0 Å². The molecule has 8 unspecified atom stereocenters. The Morgan fingerprint density at radius 2 is 2.00 bits per heavy atom. The van der Waals surface area contributed by atoms with Crippen LogP contribution in [0.4, 0.5) is 0 Å². The van der Waals surface area contributed by atoms with Gasteiger partial charge in [-0.2, -0.15) is 0 Å². The van der Waals surface area contributed by atoms with Gasteiger partial charge in [0.15, 0.2) is 5.78 Å². The molecule has 0 radical (unpaired) electrons. The summed E-state index contributed by atoms with van der Waals surface area (Å²) in [6.07, 6.45) is 11.1. The van der Waals surface area contributed by atoms with Crippen molar-refractivity contribution in [3.8, 4) is 0 Å². The van der Waals surface area contributed by atoms with E-state index in [-0.39, 0.29) is 5.92 Å². The average molecular weight is 329 g/mol. The molecule has 0 aromatic carbocycles. The number of nitrogens with zero attached hydrogens (tertiary/aromatic N) is 1. The Balaban J connectivity index is 1.58. The van der Waals surface area contributed by atoms with Gasteiger partial charge < -0.3 is 10.0 Å². The van der Waals surface area contributed by atoms with Gasteiger partial charge in [-0.05, 0) is 81.9 Å². The molecule has 8 atom stereocenters. The van der Waals surface area contributed by atoms with Gasteiger partial charge in [-0.1, -0.05) is 12.8 Å². The third-order valence-electron chi connectivity index (χ3n) is 8.62. The summed E-state index contributed by atoms with van der Waals surface area (Å²) in [6.45, 7) is 2.32. The smallest absolute Gasteiger partial charge is 0.159 e. The number of fused-ring (bicyclic) bond motifs is 9. The van der Waals surface area contributed by atoms with Crippen molar-refractivity contribution in [1.29, 1.82) is 0 Å². The third kappa shape index (κ3) is 1.89. The molecule has 1 N–H and O–H groups in total. The first kappa shape index (κ1) is 15.6. The van der Waals surface area contributed by atoms with Crippen LogP contribution in [0.3, 0.4) is 0 Å². The van der Waals surface area contributed by atoms with Crippen LogP contribution in [0.1, 0.15) is 58.3 Å². The van der Waals surface area contributed by atoms with Crippen molar-refractivity contribution in [2.45, 2.75) is 76.0 Å². The largest absolute Gasteiger partial charge is 0.385 e. The van der Waals surface area contributed by atoms with E-state index in [4.69, 9.17) is 0 Å². The maximum absolute atomic E-state index is 12.8. The van der Waals surface area contributed by atoms with E-state index in [1.54, 1.807) is 0 Å². The summed E-state index contributed by atoms with van der Waals surface area (Å²) in [5.74, 6) is 2.53. The Hall–Kier alpha value is -0.670. The molecule has 2 bridgehead atoms. The number of hydrogen-bond donors (Lipinski definition) is 1. The van der Waals surface area contributed by atoms with E-state index in [9.17, 15) is 9.90 Å². The number of likely N-dealkylation sites (tertiary alicyclic amines) is 1. The highest BCUT2D eigenvalue weighted by atomic mass is 16.3. The highest BCUT2D eigenvalue weighted by Crippen LogP contribution is 2.63. The van der Waals surface area contributed by atoms with Crippen LogP contribution in [0.2, 0.25) is 0 Å². The van der Waals surface area contributed by atoms with Crippen LogP contribution in [0.25, 0.3) is 0 Å². The quantitative estimate of drug-likeness (QED) is 0.742. The Morgan fingerprint density at radius 1 is 1.21 bits per heavy atom. The van der Waals surface area contributed by atoms with Gasteiger partial charge in [-0.25, -0.2) is 0 Å². The van der Waals surface area contributed by atoms with Crippen LogP contribution in [0.15, 0.2) is 11.6 Å². The molecule has 24 heavy (non-hydrogen) atoms. The second-order valence-electron chi connectivity index (χ2n) is 9.47. The lowest BCUT2D eigenvalue weighted by Gasteiger charge is -2.51. The minimum atomic E-state index is -0.690. The molecule has 1 heterocycles. The number of ketones is 1. The summed E-state index contributed by atoms with van der Waals surface area (Å²) in [5, 5.41) is 11.8. The molecule has 0 aromatic heterocycles. The molecule has 0 spiro atoms. The first-order valence-corrected chi connectivity index (χ1v) is 10.2. The fourth-order valence-corrected chi connectivity index (χ4v) is 7.41. The maximum Gasteiger partial charge on any atom is 0.159 e. The minimum absolute atomic E-state index is 0.258. The predicted molar refractivity (Wildman–Crippen MR) is 93.4 cm³/mol. The van der Waals surface area contributed by atoms with Crippen LogP contribution in [-0.4, -0.2) is 40.5 Å². The van der Waals surface area contributed by atoms with Gasteiger partial charge >= 0.3 is 0 Å². The van der Waals surface area contributed by atoms with Crippen molar-refractivity contribution in [1.82, 2.24) is 4.90 Å². The number of hydrogen-bond acceptors (Lipinski definition) is 3. The number of allylic oxidation sites excluding steroid dienone is 1. The van der Waals surface area contributed by atoms with Gasteiger partial charge in [-0.15, -0.1) is 0 Å². The van der Waals surface area contributed by atoms with E-state index in [0.29, 0.717) is 41.5 Å². The topological polar surface area (TPSA) is 40.5 Å². The molecule has 4 fully saturated rings. The molecule has 3 nitrogen and oxygen atoms in total. The van der Waals surface area contributed by atoms with Crippen LogP contribution < -0.4 is 0 Å². The van der Waals surface area contributed by atoms with E-state index in [1.807, 2.05) is 6.08 Å². The number of carbonyl (C=O) groups is 1. The lowest BCUT2D eigenvalue weighted by molar-refractivity contribution is -0.123. The zero-order chi connectivity index (χ0) is 16.6. The van der Waals surface area contributed by atoms with Gasteiger partial charge in [0.1, 0.15) is 0 Å². The molecule has 132 valence electrons. The van der Waals surface area contributed by atoms with Gasteiger partial charge in [0, 0.05) is 23.9 Å². The summed E-state index contributed by atoms with van der Waals surface area (Å²) >= 11 is 0. The molecule has 1 aliphatic heterocycles. The lowest BCUT2D eigenvalue weighted by Crippen LogP contribution is -2.57. The summed E-state index contributed by atoms with van der Waals surface area (Å²) in [7, 11) is 2.25. The Labute approximate surface area is 145 Å². The van der Waals surface area contributed by atoms with Crippen LogP contribution in [0.5, 0.6) is 0 Å². The Morgan fingerprint density at radius 3 is 2.83 bits per heavy atom. The number of carbonyl (C=O) groups excluding carboxylic acids is 1. The first-order chi connectivity index (χ1) is 11.5. The molecule has 3 heteroatoms. The average Bonchev–Trinajstić information content (AvgIpc) is 2.80. The fraction of sp³-hybridized carbons (Fsp3) is 0.857. The van der Waals surface area contributed by atoms with Crippen molar-refractivity contribution in [2.24, 2.45) is 29.6 Å². The fourth-order valence-electron chi connectivity index (χ4n) is 7.41. The van der Waals surface area contributed by atoms with Crippen LogP contribution in [0, 0.1) is 29.6 Å². The molecule has 1 saturated heterocycles. The summed E-state index contributed by atoms with van der Waals surface area (Å²) in [6, 6.07) is 1.12. The monoisotopic (exact) mass is 329 g/mol.